The highest BCUT2D eigenvalue weighted by molar-refractivity contribution is 5.72. The molecule has 1 aromatic rings. The van der Waals surface area contributed by atoms with E-state index in [1.807, 2.05) is 47.0 Å². The monoisotopic (exact) mass is 227 g/mol. The third kappa shape index (κ3) is 7.04. The van der Waals surface area contributed by atoms with Gasteiger partial charge in [0.15, 0.2) is 0 Å². The van der Waals surface area contributed by atoms with E-state index in [-0.39, 0.29) is 5.91 Å². The van der Waals surface area contributed by atoms with Crippen molar-refractivity contribution in [2.24, 2.45) is 7.05 Å². The molecule has 16 heavy (non-hydrogen) atoms. The standard InChI is InChI=1S/C8H13N3O.2C2H6/c1-7(12)10(2)6-8-4-5-11(3)9-8;2*1-2/h4-5H,6H2,1-3H3;2*1-2H3. The van der Waals surface area contributed by atoms with Crippen LogP contribution in [0.5, 0.6) is 0 Å². The van der Waals surface area contributed by atoms with Crippen LogP contribution in [0.3, 0.4) is 0 Å². The van der Waals surface area contributed by atoms with Crippen LogP contribution < -0.4 is 0 Å². The van der Waals surface area contributed by atoms with Crippen LogP contribution in [0.25, 0.3) is 0 Å². The fourth-order valence-corrected chi connectivity index (χ4v) is 0.902. The third-order valence-electron chi connectivity index (χ3n) is 1.71. The summed E-state index contributed by atoms with van der Waals surface area (Å²) in [6, 6.07) is 1.90. The van der Waals surface area contributed by atoms with Gasteiger partial charge < -0.3 is 4.90 Å². The second-order valence-electron chi connectivity index (χ2n) is 2.86. The molecule has 0 aliphatic rings. The number of hydrogen-bond acceptors (Lipinski definition) is 2. The van der Waals surface area contributed by atoms with Gasteiger partial charge in [-0.15, -0.1) is 0 Å². The molecule has 94 valence electrons. The van der Waals surface area contributed by atoms with Gasteiger partial charge in [0.2, 0.25) is 5.91 Å². The highest BCUT2D eigenvalue weighted by atomic mass is 16.2. The van der Waals surface area contributed by atoms with Crippen molar-refractivity contribution in [1.29, 1.82) is 0 Å². The van der Waals surface area contributed by atoms with Crippen LogP contribution in [-0.4, -0.2) is 27.6 Å². The van der Waals surface area contributed by atoms with Crippen molar-refractivity contribution in [3.05, 3.63) is 18.0 Å². The van der Waals surface area contributed by atoms with Crippen LogP contribution in [0.2, 0.25) is 0 Å². The van der Waals surface area contributed by atoms with Crippen LogP contribution in [0.1, 0.15) is 40.3 Å². The number of hydrogen-bond donors (Lipinski definition) is 0. The number of carbonyl (C=O) groups is 1. The molecule has 0 fully saturated rings. The van der Waals surface area contributed by atoms with Crippen molar-refractivity contribution in [2.45, 2.75) is 41.2 Å². The van der Waals surface area contributed by atoms with Crippen LogP contribution in [-0.2, 0) is 18.4 Å². The molecule has 1 amide bonds. The molecule has 4 nitrogen and oxygen atoms in total. The summed E-state index contributed by atoms with van der Waals surface area (Å²) >= 11 is 0. The van der Waals surface area contributed by atoms with Gasteiger partial charge in [0.1, 0.15) is 0 Å². The van der Waals surface area contributed by atoms with Crippen LogP contribution in [0, 0.1) is 0 Å². The number of aromatic nitrogens is 2. The van der Waals surface area contributed by atoms with Crippen molar-refractivity contribution in [3.8, 4) is 0 Å². The van der Waals surface area contributed by atoms with E-state index in [0.717, 1.165) is 5.69 Å². The van der Waals surface area contributed by atoms with E-state index in [1.165, 1.54) is 0 Å². The number of nitrogens with zero attached hydrogens (tertiary/aromatic N) is 3. The normalized spacial score (nSPS) is 8.19. The number of aryl methyl sites for hydroxylation is 1. The van der Waals surface area contributed by atoms with E-state index in [4.69, 9.17) is 0 Å². The third-order valence-corrected chi connectivity index (χ3v) is 1.71. The Morgan fingerprint density at radius 2 is 1.88 bits per heavy atom. The molecule has 0 aliphatic heterocycles. The lowest BCUT2D eigenvalue weighted by molar-refractivity contribution is -0.128. The summed E-state index contributed by atoms with van der Waals surface area (Å²) in [6.45, 7) is 10.1. The minimum absolute atomic E-state index is 0.0562. The minimum Gasteiger partial charge on any atom is -0.340 e. The first-order chi connectivity index (χ1) is 7.59. The SMILES string of the molecule is CC.CC.CC(=O)N(C)Cc1ccn(C)n1. The Bertz CT molecular complexity index is 282. The zero-order valence-electron chi connectivity index (χ0n) is 11.6. The lowest BCUT2D eigenvalue weighted by Gasteiger charge is -2.11. The molecule has 0 bridgehead atoms. The Balaban J connectivity index is 0. The van der Waals surface area contributed by atoms with Gasteiger partial charge in [-0.25, -0.2) is 0 Å². The molecular weight excluding hydrogens is 202 g/mol. The Kier molecular flexibility index (Phi) is 10.9. The van der Waals surface area contributed by atoms with Crippen LogP contribution >= 0.6 is 0 Å². The van der Waals surface area contributed by atoms with Gasteiger partial charge in [-0.2, -0.15) is 5.10 Å². The van der Waals surface area contributed by atoms with Gasteiger partial charge in [-0.1, -0.05) is 27.7 Å². The van der Waals surface area contributed by atoms with Gasteiger partial charge >= 0.3 is 0 Å². The first kappa shape index (κ1) is 17.1. The molecule has 1 heterocycles. The highest BCUT2D eigenvalue weighted by Gasteiger charge is 2.04. The maximum absolute atomic E-state index is 10.8. The smallest absolute Gasteiger partial charge is 0.219 e. The largest absolute Gasteiger partial charge is 0.340 e. The molecule has 1 rings (SSSR count). The highest BCUT2D eigenvalue weighted by Crippen LogP contribution is 1.98. The van der Waals surface area contributed by atoms with Crippen LogP contribution in [0.4, 0.5) is 0 Å². The first-order valence-electron chi connectivity index (χ1n) is 5.80. The summed E-state index contributed by atoms with van der Waals surface area (Å²) in [5.74, 6) is 0.0562. The molecule has 0 aromatic carbocycles. The lowest BCUT2D eigenvalue weighted by atomic mass is 10.4. The second-order valence-corrected chi connectivity index (χ2v) is 2.86. The summed E-state index contributed by atoms with van der Waals surface area (Å²) in [4.78, 5) is 12.5. The summed E-state index contributed by atoms with van der Waals surface area (Å²) < 4.78 is 1.73. The Hall–Kier alpha value is -1.32. The van der Waals surface area contributed by atoms with Crippen molar-refractivity contribution in [1.82, 2.24) is 14.7 Å². The summed E-state index contributed by atoms with van der Waals surface area (Å²) in [7, 11) is 3.62. The Morgan fingerprint density at radius 1 is 1.38 bits per heavy atom. The topological polar surface area (TPSA) is 38.1 Å². The van der Waals surface area contributed by atoms with Crippen molar-refractivity contribution >= 4 is 5.91 Å². The van der Waals surface area contributed by atoms with Gasteiger partial charge in [-0.05, 0) is 6.07 Å². The predicted octanol–water partition coefficient (Wildman–Crippen LogP) is 2.45. The van der Waals surface area contributed by atoms with Crippen LogP contribution in [0.15, 0.2) is 12.3 Å². The average molecular weight is 227 g/mol. The zero-order valence-corrected chi connectivity index (χ0v) is 11.6. The molecular formula is C12H25N3O. The van der Waals surface area contributed by atoms with E-state index in [0.29, 0.717) is 6.54 Å². The fourth-order valence-electron chi connectivity index (χ4n) is 0.902. The molecule has 0 saturated carbocycles. The first-order valence-corrected chi connectivity index (χ1v) is 5.80. The Labute approximate surface area is 99.3 Å². The molecule has 0 atom stereocenters. The van der Waals surface area contributed by atoms with E-state index in [1.54, 1.807) is 23.6 Å². The maximum atomic E-state index is 10.8. The molecule has 0 spiro atoms. The van der Waals surface area contributed by atoms with E-state index >= 15 is 0 Å². The second kappa shape index (κ2) is 10.2. The molecule has 0 aliphatic carbocycles. The van der Waals surface area contributed by atoms with E-state index in [9.17, 15) is 4.79 Å². The van der Waals surface area contributed by atoms with Gasteiger partial charge in [0.25, 0.3) is 0 Å². The van der Waals surface area contributed by atoms with Crippen molar-refractivity contribution < 1.29 is 4.79 Å². The molecule has 0 unspecified atom stereocenters. The Morgan fingerprint density at radius 3 is 2.19 bits per heavy atom. The fraction of sp³-hybridized carbons (Fsp3) is 0.667. The van der Waals surface area contributed by atoms with Gasteiger partial charge in [-0.3, -0.25) is 9.48 Å². The van der Waals surface area contributed by atoms with Crippen molar-refractivity contribution in [2.75, 3.05) is 7.05 Å². The summed E-state index contributed by atoms with van der Waals surface area (Å²) in [5.41, 5.74) is 0.912. The number of rotatable bonds is 2. The molecule has 4 heteroatoms. The number of carbonyl (C=O) groups excluding carboxylic acids is 1. The summed E-state index contributed by atoms with van der Waals surface area (Å²) in [5, 5.41) is 4.16. The molecule has 1 aromatic heterocycles. The lowest BCUT2D eigenvalue weighted by Crippen LogP contribution is -2.23. The van der Waals surface area contributed by atoms with E-state index < -0.39 is 0 Å². The average Bonchev–Trinajstić information content (AvgIpc) is 2.69. The minimum atomic E-state index is 0.0562. The summed E-state index contributed by atoms with van der Waals surface area (Å²) in [6.07, 6.45) is 1.86. The maximum Gasteiger partial charge on any atom is 0.219 e. The van der Waals surface area contributed by atoms with Gasteiger partial charge in [0, 0.05) is 27.2 Å². The quantitative estimate of drug-likeness (QED) is 0.778. The van der Waals surface area contributed by atoms with Gasteiger partial charge in [0.05, 0.1) is 12.2 Å². The molecule has 0 saturated heterocycles. The van der Waals surface area contributed by atoms with E-state index in [2.05, 4.69) is 5.10 Å². The number of amides is 1. The molecule has 0 N–H and O–H groups in total. The zero-order chi connectivity index (χ0) is 13.1. The predicted molar refractivity (Wildman–Crippen MR) is 68.1 cm³/mol. The molecule has 0 radical (unpaired) electrons. The van der Waals surface area contributed by atoms with Crippen molar-refractivity contribution in [3.63, 3.8) is 0 Å².